The summed E-state index contributed by atoms with van der Waals surface area (Å²) in [5.41, 5.74) is 1.40. The van der Waals surface area contributed by atoms with Gasteiger partial charge in [0.15, 0.2) is 0 Å². The molecule has 1 aliphatic rings. The van der Waals surface area contributed by atoms with Crippen LogP contribution in [0.25, 0.3) is 0 Å². The molecule has 4 heteroatoms. The lowest BCUT2D eigenvalue weighted by Crippen LogP contribution is -2.28. The first-order valence-corrected chi connectivity index (χ1v) is 6.38. The number of hydrogen-bond donors (Lipinski definition) is 1. The van der Waals surface area contributed by atoms with Crippen molar-refractivity contribution >= 4 is 0 Å². The van der Waals surface area contributed by atoms with E-state index in [1.807, 2.05) is 6.07 Å². The molecule has 1 aromatic rings. The van der Waals surface area contributed by atoms with Gasteiger partial charge in [0.05, 0.1) is 6.42 Å². The molecule has 0 atom stereocenters. The maximum absolute atomic E-state index is 12.3. The largest absolute Gasteiger partial charge is 0.393 e. The first-order valence-electron chi connectivity index (χ1n) is 6.38. The Bertz CT molecular complexity index is 381. The van der Waals surface area contributed by atoms with Crippen molar-refractivity contribution in [3.05, 3.63) is 35.4 Å². The molecule has 0 bridgehead atoms. The van der Waals surface area contributed by atoms with Gasteiger partial charge in [0.25, 0.3) is 0 Å². The Hall–Kier alpha value is -1.03. The number of hydrogen-bond acceptors (Lipinski definition) is 1. The third kappa shape index (κ3) is 4.33. The molecule has 100 valence electrons. The standard InChI is InChI=1S/C14H18F3N/c15-14(16,17)10-13-3-1-2-12(9-13)8-11-4-6-18-7-5-11/h1-3,9,11,18H,4-8,10H2. The fraction of sp³-hybridized carbons (Fsp3) is 0.571. The van der Waals surface area contributed by atoms with Crippen molar-refractivity contribution in [2.75, 3.05) is 13.1 Å². The summed E-state index contributed by atoms with van der Waals surface area (Å²) in [6.45, 7) is 2.04. The van der Waals surface area contributed by atoms with Gasteiger partial charge < -0.3 is 5.32 Å². The molecule has 1 aromatic carbocycles. The van der Waals surface area contributed by atoms with E-state index in [0.29, 0.717) is 11.5 Å². The van der Waals surface area contributed by atoms with Crippen molar-refractivity contribution in [1.82, 2.24) is 5.32 Å². The second-order valence-electron chi connectivity index (χ2n) is 5.01. The second kappa shape index (κ2) is 5.74. The van der Waals surface area contributed by atoms with Crippen LogP contribution in [0.4, 0.5) is 13.2 Å². The molecule has 1 nitrogen and oxygen atoms in total. The molecule has 0 aliphatic carbocycles. The minimum Gasteiger partial charge on any atom is -0.317 e. The molecule has 1 aliphatic heterocycles. The van der Waals surface area contributed by atoms with E-state index in [1.165, 1.54) is 0 Å². The Kier molecular flexibility index (Phi) is 4.27. The van der Waals surface area contributed by atoms with Crippen LogP contribution >= 0.6 is 0 Å². The van der Waals surface area contributed by atoms with Crippen LogP contribution in [-0.2, 0) is 12.8 Å². The van der Waals surface area contributed by atoms with E-state index in [2.05, 4.69) is 5.32 Å². The lowest BCUT2D eigenvalue weighted by atomic mass is 9.90. The van der Waals surface area contributed by atoms with Crippen LogP contribution in [0.2, 0.25) is 0 Å². The predicted octanol–water partition coefficient (Wildman–Crippen LogP) is 3.33. The zero-order valence-electron chi connectivity index (χ0n) is 10.3. The van der Waals surface area contributed by atoms with E-state index in [4.69, 9.17) is 0 Å². The van der Waals surface area contributed by atoms with Crippen molar-refractivity contribution < 1.29 is 13.2 Å². The summed E-state index contributed by atoms with van der Waals surface area (Å²) in [5, 5.41) is 3.29. The van der Waals surface area contributed by atoms with E-state index in [1.54, 1.807) is 18.2 Å². The van der Waals surface area contributed by atoms with Gasteiger partial charge in [0, 0.05) is 0 Å². The lowest BCUT2D eigenvalue weighted by molar-refractivity contribution is -0.127. The normalized spacial score (nSPS) is 17.9. The maximum Gasteiger partial charge on any atom is 0.393 e. The van der Waals surface area contributed by atoms with Gasteiger partial charge in [-0.2, -0.15) is 13.2 Å². The summed E-state index contributed by atoms with van der Waals surface area (Å²) >= 11 is 0. The van der Waals surface area contributed by atoms with Crippen molar-refractivity contribution in [2.45, 2.75) is 31.9 Å². The number of halogens is 3. The zero-order valence-corrected chi connectivity index (χ0v) is 10.3. The number of benzene rings is 1. The molecular weight excluding hydrogens is 239 g/mol. The van der Waals surface area contributed by atoms with Gasteiger partial charge >= 0.3 is 6.18 Å². The molecule has 1 saturated heterocycles. The smallest absolute Gasteiger partial charge is 0.317 e. The van der Waals surface area contributed by atoms with Gasteiger partial charge in [-0.15, -0.1) is 0 Å². The van der Waals surface area contributed by atoms with Crippen molar-refractivity contribution in [1.29, 1.82) is 0 Å². The lowest BCUT2D eigenvalue weighted by Gasteiger charge is -2.22. The van der Waals surface area contributed by atoms with Crippen LogP contribution in [0, 0.1) is 5.92 Å². The van der Waals surface area contributed by atoms with Crippen LogP contribution in [0.5, 0.6) is 0 Å². The van der Waals surface area contributed by atoms with E-state index in [0.717, 1.165) is 37.9 Å². The minimum absolute atomic E-state index is 0.369. The average molecular weight is 257 g/mol. The zero-order chi connectivity index (χ0) is 13.0. The van der Waals surface area contributed by atoms with Crippen LogP contribution in [-0.4, -0.2) is 19.3 Å². The molecule has 0 aromatic heterocycles. The van der Waals surface area contributed by atoms with Crippen LogP contribution in [0.3, 0.4) is 0 Å². The summed E-state index contributed by atoms with van der Waals surface area (Å²) in [6, 6.07) is 6.92. The molecule has 1 fully saturated rings. The summed E-state index contributed by atoms with van der Waals surface area (Å²) in [6.07, 6.45) is -1.82. The van der Waals surface area contributed by atoms with Gasteiger partial charge in [-0.3, -0.25) is 0 Å². The predicted molar refractivity (Wildman–Crippen MR) is 65.5 cm³/mol. The van der Waals surface area contributed by atoms with Crippen molar-refractivity contribution in [3.8, 4) is 0 Å². The number of alkyl halides is 3. The average Bonchev–Trinajstić information content (AvgIpc) is 2.28. The number of rotatable bonds is 3. The summed E-state index contributed by atoms with van der Waals surface area (Å²) < 4.78 is 37.0. The minimum atomic E-state index is -4.12. The van der Waals surface area contributed by atoms with E-state index in [-0.39, 0.29) is 0 Å². The molecule has 0 spiro atoms. The summed E-state index contributed by atoms with van der Waals surface area (Å²) in [7, 11) is 0. The highest BCUT2D eigenvalue weighted by Gasteiger charge is 2.27. The topological polar surface area (TPSA) is 12.0 Å². The first-order chi connectivity index (χ1) is 8.53. The van der Waals surface area contributed by atoms with Gasteiger partial charge in [0.1, 0.15) is 0 Å². The maximum atomic E-state index is 12.3. The monoisotopic (exact) mass is 257 g/mol. The van der Waals surface area contributed by atoms with Crippen LogP contribution in [0.15, 0.2) is 24.3 Å². The number of piperidine rings is 1. The number of nitrogens with one attached hydrogen (secondary N) is 1. The molecule has 2 rings (SSSR count). The van der Waals surface area contributed by atoms with Crippen molar-refractivity contribution in [3.63, 3.8) is 0 Å². The Labute approximate surface area is 105 Å². The molecule has 0 unspecified atom stereocenters. The van der Waals surface area contributed by atoms with Crippen LogP contribution < -0.4 is 5.32 Å². The van der Waals surface area contributed by atoms with Gasteiger partial charge in [-0.25, -0.2) is 0 Å². The first kappa shape index (κ1) is 13.4. The van der Waals surface area contributed by atoms with Gasteiger partial charge in [0.2, 0.25) is 0 Å². The van der Waals surface area contributed by atoms with E-state index < -0.39 is 12.6 Å². The third-order valence-electron chi connectivity index (χ3n) is 3.38. The summed E-state index contributed by atoms with van der Waals surface area (Å²) in [5.74, 6) is 0.604. The van der Waals surface area contributed by atoms with E-state index >= 15 is 0 Å². The highest BCUT2D eigenvalue weighted by atomic mass is 19.4. The highest BCUT2D eigenvalue weighted by molar-refractivity contribution is 5.24. The Balaban J connectivity index is 1.98. The fourth-order valence-corrected chi connectivity index (χ4v) is 2.52. The van der Waals surface area contributed by atoms with Crippen LogP contribution in [0.1, 0.15) is 24.0 Å². The van der Waals surface area contributed by atoms with Crippen molar-refractivity contribution in [2.24, 2.45) is 5.92 Å². The molecule has 1 N–H and O–H groups in total. The Morgan fingerprint density at radius 1 is 1.11 bits per heavy atom. The molecule has 0 saturated carbocycles. The third-order valence-corrected chi connectivity index (χ3v) is 3.38. The Morgan fingerprint density at radius 2 is 1.78 bits per heavy atom. The molecule has 18 heavy (non-hydrogen) atoms. The van der Waals surface area contributed by atoms with E-state index in [9.17, 15) is 13.2 Å². The quantitative estimate of drug-likeness (QED) is 0.875. The second-order valence-corrected chi connectivity index (χ2v) is 5.01. The van der Waals surface area contributed by atoms with Gasteiger partial charge in [-0.05, 0) is 49.4 Å². The van der Waals surface area contributed by atoms with Gasteiger partial charge in [-0.1, -0.05) is 24.3 Å². The molecule has 1 heterocycles. The molecule has 0 amide bonds. The fourth-order valence-electron chi connectivity index (χ4n) is 2.52. The SMILES string of the molecule is FC(F)(F)Cc1cccc(CC2CCNCC2)c1. The molecule has 0 radical (unpaired) electrons. The molecular formula is C14H18F3N. The summed E-state index contributed by atoms with van der Waals surface area (Å²) in [4.78, 5) is 0. The highest BCUT2D eigenvalue weighted by Crippen LogP contribution is 2.23. The Morgan fingerprint density at radius 3 is 2.44 bits per heavy atom.